The van der Waals surface area contributed by atoms with Crippen LogP contribution in [0.5, 0.6) is 0 Å². The van der Waals surface area contributed by atoms with Gasteiger partial charge in [-0.25, -0.2) is 4.98 Å². The summed E-state index contributed by atoms with van der Waals surface area (Å²) in [5, 5.41) is 7.91. The van der Waals surface area contributed by atoms with Gasteiger partial charge in [-0.3, -0.25) is 14.4 Å². The Balaban J connectivity index is 1.57. The lowest BCUT2D eigenvalue weighted by Crippen LogP contribution is -2.26. The summed E-state index contributed by atoms with van der Waals surface area (Å²) in [6, 6.07) is 35.7. The fourth-order valence-electron chi connectivity index (χ4n) is 5.83. The summed E-state index contributed by atoms with van der Waals surface area (Å²) in [4.78, 5) is 14.1. The van der Waals surface area contributed by atoms with Gasteiger partial charge in [0.25, 0.3) is 0 Å². The third-order valence-electron chi connectivity index (χ3n) is 7.58. The third-order valence-corrected chi connectivity index (χ3v) is 12.5. The minimum absolute atomic E-state index is 0.947. The molecule has 4 aromatic carbocycles. The number of rotatable bonds is 3. The van der Waals surface area contributed by atoms with E-state index in [-0.39, 0.29) is 0 Å². The molecule has 0 aliphatic carbocycles. The summed E-state index contributed by atoms with van der Waals surface area (Å²) in [5.41, 5.74) is 5.10. The van der Waals surface area contributed by atoms with Crippen molar-refractivity contribution in [3.8, 4) is 0 Å². The van der Waals surface area contributed by atoms with Crippen molar-refractivity contribution >= 4 is 83.0 Å². The van der Waals surface area contributed by atoms with E-state index in [1.807, 2.05) is 30.7 Å². The van der Waals surface area contributed by atoms with Gasteiger partial charge in [0.1, 0.15) is 5.65 Å². The number of benzene rings is 4. The van der Waals surface area contributed by atoms with Crippen LogP contribution in [0.4, 0.5) is 0 Å². The Hall–Kier alpha value is -4.44. The second kappa shape index (κ2) is 8.54. The summed E-state index contributed by atoms with van der Waals surface area (Å²) in [7, 11) is 0. The molecule has 1 atom stereocenters. The van der Waals surface area contributed by atoms with Gasteiger partial charge < -0.3 is 0 Å². The number of hydrogen-bond donors (Lipinski definition) is 0. The van der Waals surface area contributed by atoms with Crippen LogP contribution in [0.3, 0.4) is 0 Å². The summed E-state index contributed by atoms with van der Waals surface area (Å²) in [6.45, 7) is 0. The lowest BCUT2D eigenvalue weighted by Gasteiger charge is -2.26. The molecule has 0 radical (unpaired) electrons. The first kappa shape index (κ1) is 22.5. The fraction of sp³-hybridized carbons (Fsp3) is 0. The average Bonchev–Trinajstić information content (AvgIpc) is 3.41. The minimum Gasteiger partial charge on any atom is -0.292 e. The van der Waals surface area contributed by atoms with Crippen LogP contribution in [-0.4, -0.2) is 19.4 Å². The van der Waals surface area contributed by atoms with E-state index in [4.69, 9.17) is 16.8 Å². The van der Waals surface area contributed by atoms with Crippen molar-refractivity contribution in [1.82, 2.24) is 19.4 Å². The van der Waals surface area contributed by atoms with Gasteiger partial charge in [0.15, 0.2) is 0 Å². The quantitative estimate of drug-likeness (QED) is 0.191. The van der Waals surface area contributed by atoms with Crippen LogP contribution in [0, 0.1) is 0 Å². The second-order valence-corrected chi connectivity index (χ2v) is 14.0. The second-order valence-electron chi connectivity index (χ2n) is 9.67. The van der Waals surface area contributed by atoms with Crippen molar-refractivity contribution in [2.45, 2.75) is 0 Å². The molecule has 184 valence electrons. The molecule has 0 aliphatic rings. The summed E-state index contributed by atoms with van der Waals surface area (Å²) in [5.74, 6) is 0. The van der Waals surface area contributed by atoms with E-state index < -0.39 is 6.04 Å². The van der Waals surface area contributed by atoms with Gasteiger partial charge >= 0.3 is 0 Å². The van der Waals surface area contributed by atoms with Crippen LogP contribution in [0.15, 0.2) is 128 Å². The molecule has 8 aromatic rings. The van der Waals surface area contributed by atoms with Crippen molar-refractivity contribution < 1.29 is 0 Å². The molecule has 1 unspecified atom stereocenters. The molecule has 4 aromatic heterocycles. The van der Waals surface area contributed by atoms with E-state index in [9.17, 15) is 0 Å². The lowest BCUT2D eigenvalue weighted by molar-refractivity contribution is 1.32. The zero-order chi connectivity index (χ0) is 26.0. The maximum Gasteiger partial charge on any atom is 0.146 e. The number of nitrogens with zero attached hydrogens (tertiary/aromatic N) is 4. The van der Waals surface area contributed by atoms with E-state index in [0.717, 1.165) is 59.8 Å². The maximum absolute atomic E-state index is 6.87. The Morgan fingerprint density at radius 2 is 1.41 bits per heavy atom. The number of fused-ring (bicyclic) bond motifs is 9. The fourth-order valence-corrected chi connectivity index (χ4v) is 9.84. The number of imidazole rings is 1. The largest absolute Gasteiger partial charge is 0.292 e. The highest BCUT2D eigenvalue weighted by Gasteiger charge is 2.29. The Labute approximate surface area is 229 Å². The highest BCUT2D eigenvalue weighted by Crippen LogP contribution is 2.47. The van der Waals surface area contributed by atoms with Crippen LogP contribution in [0.2, 0.25) is 0 Å². The average molecular weight is 537 g/mol. The maximum atomic E-state index is 6.87. The third kappa shape index (κ3) is 3.24. The van der Waals surface area contributed by atoms with Crippen LogP contribution < -0.4 is 15.9 Å². The molecule has 6 heteroatoms. The molecule has 4 nitrogen and oxygen atoms in total. The standard InChI is InChI=1S/C33H21N4PS/c39-38(23-16-19-34-20-17-23,24-15-14-22-7-6-18-35-28(22)21-24)31-13-5-9-26-32(31)25-8-1-3-11-29(25)37-30-12-4-2-10-27(30)36-33(26)37/h1-21H. The van der Waals surface area contributed by atoms with E-state index in [2.05, 4.69) is 111 Å². The van der Waals surface area contributed by atoms with Crippen LogP contribution in [0.1, 0.15) is 0 Å². The van der Waals surface area contributed by atoms with Gasteiger partial charge in [-0.15, -0.1) is 0 Å². The van der Waals surface area contributed by atoms with Crippen molar-refractivity contribution in [3.63, 3.8) is 0 Å². The molecule has 0 N–H and O–H groups in total. The molecule has 0 bridgehead atoms. The molecule has 0 spiro atoms. The molecule has 0 amide bonds. The Morgan fingerprint density at radius 1 is 0.615 bits per heavy atom. The van der Waals surface area contributed by atoms with Gasteiger partial charge in [0, 0.05) is 51.5 Å². The van der Waals surface area contributed by atoms with E-state index in [1.165, 1.54) is 5.39 Å². The number of para-hydroxylation sites is 3. The van der Waals surface area contributed by atoms with Gasteiger partial charge in [-0.2, -0.15) is 0 Å². The zero-order valence-corrected chi connectivity index (χ0v) is 22.5. The molecular weight excluding hydrogens is 515 g/mol. The molecule has 0 saturated carbocycles. The number of hydrogen-bond acceptors (Lipinski definition) is 4. The van der Waals surface area contributed by atoms with Crippen molar-refractivity contribution in [2.24, 2.45) is 0 Å². The molecular formula is C33H21N4PS. The Morgan fingerprint density at radius 3 is 2.31 bits per heavy atom. The van der Waals surface area contributed by atoms with E-state index in [1.54, 1.807) is 0 Å². The Kier molecular flexibility index (Phi) is 4.93. The smallest absolute Gasteiger partial charge is 0.146 e. The summed E-state index contributed by atoms with van der Waals surface area (Å²) < 4.78 is 2.28. The van der Waals surface area contributed by atoms with Gasteiger partial charge in [-0.05, 0) is 53.1 Å². The van der Waals surface area contributed by atoms with Gasteiger partial charge in [0.05, 0.1) is 22.1 Å². The molecule has 0 saturated heterocycles. The first-order chi connectivity index (χ1) is 19.2. The highest BCUT2D eigenvalue weighted by molar-refractivity contribution is 8.25. The topological polar surface area (TPSA) is 43.1 Å². The van der Waals surface area contributed by atoms with Crippen LogP contribution >= 0.6 is 6.04 Å². The predicted molar refractivity (Wildman–Crippen MR) is 167 cm³/mol. The zero-order valence-electron chi connectivity index (χ0n) is 20.8. The van der Waals surface area contributed by atoms with E-state index >= 15 is 0 Å². The Bertz CT molecular complexity index is 2270. The molecule has 39 heavy (non-hydrogen) atoms. The normalized spacial score (nSPS) is 13.4. The first-order valence-corrected chi connectivity index (χ1v) is 15.6. The molecule has 8 rings (SSSR count). The molecule has 0 fully saturated rings. The SMILES string of the molecule is S=P(c1ccncc1)(c1ccc2cccnc2c1)c1cccc2c1c1ccccc1n1c3ccccc3nc21. The van der Waals surface area contributed by atoms with Gasteiger partial charge in [0.2, 0.25) is 0 Å². The summed E-state index contributed by atoms with van der Waals surface area (Å²) in [6.07, 6.45) is 5.53. The van der Waals surface area contributed by atoms with E-state index in [0.29, 0.717) is 0 Å². The minimum atomic E-state index is -2.53. The highest BCUT2D eigenvalue weighted by atomic mass is 32.4. The van der Waals surface area contributed by atoms with Crippen LogP contribution in [0.25, 0.3) is 49.3 Å². The summed E-state index contributed by atoms with van der Waals surface area (Å²) >= 11 is 6.87. The monoisotopic (exact) mass is 536 g/mol. The van der Waals surface area contributed by atoms with Crippen molar-refractivity contribution in [2.75, 3.05) is 0 Å². The molecule has 4 heterocycles. The van der Waals surface area contributed by atoms with Crippen LogP contribution in [-0.2, 0) is 11.8 Å². The van der Waals surface area contributed by atoms with Crippen molar-refractivity contribution in [3.05, 3.63) is 128 Å². The number of pyridine rings is 3. The molecule has 0 aliphatic heterocycles. The number of aromatic nitrogens is 4. The van der Waals surface area contributed by atoms with Crippen molar-refractivity contribution in [1.29, 1.82) is 0 Å². The predicted octanol–water partition coefficient (Wildman–Crippen LogP) is 6.49. The first-order valence-electron chi connectivity index (χ1n) is 12.8. The van der Waals surface area contributed by atoms with Gasteiger partial charge in [-0.1, -0.05) is 78.5 Å². The lowest BCUT2D eigenvalue weighted by atomic mass is 10.1.